The highest BCUT2D eigenvalue weighted by atomic mass is 16.7. The molecule has 8 nitrogen and oxygen atoms in total. The molecule has 0 bridgehead atoms. The Balaban J connectivity index is 1.92. The fourth-order valence-corrected chi connectivity index (χ4v) is 3.02. The number of anilines is 2. The van der Waals surface area contributed by atoms with Crippen LogP contribution in [-0.2, 0) is 9.47 Å². The molecule has 0 unspecified atom stereocenters. The Labute approximate surface area is 175 Å². The molecule has 2 aromatic carbocycles. The summed E-state index contributed by atoms with van der Waals surface area (Å²) in [6, 6.07) is 14.6. The zero-order chi connectivity index (χ0) is 21.5. The van der Waals surface area contributed by atoms with Crippen LogP contribution >= 0.6 is 0 Å². The van der Waals surface area contributed by atoms with Crippen LogP contribution in [0.5, 0.6) is 11.5 Å². The highest BCUT2D eigenvalue weighted by Gasteiger charge is 2.15. The van der Waals surface area contributed by atoms with E-state index >= 15 is 0 Å². The van der Waals surface area contributed by atoms with Crippen molar-refractivity contribution in [2.45, 2.75) is 6.29 Å². The van der Waals surface area contributed by atoms with Crippen LogP contribution in [0.3, 0.4) is 0 Å². The molecule has 30 heavy (non-hydrogen) atoms. The van der Waals surface area contributed by atoms with Crippen molar-refractivity contribution < 1.29 is 23.7 Å². The number of nitrogens with one attached hydrogen (secondary N) is 2. The van der Waals surface area contributed by atoms with Gasteiger partial charge in [-0.1, -0.05) is 18.2 Å². The van der Waals surface area contributed by atoms with E-state index < -0.39 is 6.29 Å². The minimum atomic E-state index is -0.522. The van der Waals surface area contributed by atoms with Crippen LogP contribution in [0.25, 0.3) is 10.9 Å². The molecule has 0 aliphatic rings. The van der Waals surface area contributed by atoms with Gasteiger partial charge in [-0.2, -0.15) is 0 Å². The molecule has 0 fully saturated rings. The van der Waals surface area contributed by atoms with Crippen molar-refractivity contribution in [2.75, 3.05) is 40.3 Å². The number of carbonyl (C=O) groups excluding carboxylic acids is 1. The third-order valence-electron chi connectivity index (χ3n) is 4.57. The van der Waals surface area contributed by atoms with Gasteiger partial charge in [-0.15, -0.1) is 0 Å². The second-order valence-electron chi connectivity index (χ2n) is 6.38. The first-order valence-electron chi connectivity index (χ1n) is 9.32. The molecule has 1 aromatic heterocycles. The maximum absolute atomic E-state index is 12.9. The van der Waals surface area contributed by atoms with Crippen molar-refractivity contribution in [2.24, 2.45) is 0 Å². The number of nitrogens with zero attached hydrogens (tertiary/aromatic N) is 1. The highest BCUT2D eigenvalue weighted by Crippen LogP contribution is 2.31. The highest BCUT2D eigenvalue weighted by molar-refractivity contribution is 6.07. The minimum absolute atomic E-state index is 0.223. The lowest BCUT2D eigenvalue weighted by molar-refractivity contribution is -0.0974. The van der Waals surface area contributed by atoms with Gasteiger partial charge in [0.1, 0.15) is 5.82 Å². The number of carbonyl (C=O) groups is 1. The largest absolute Gasteiger partial charge is 0.493 e. The molecule has 0 aliphatic carbocycles. The summed E-state index contributed by atoms with van der Waals surface area (Å²) in [5, 5.41) is 6.81. The van der Waals surface area contributed by atoms with E-state index in [1.807, 2.05) is 30.3 Å². The number of pyridine rings is 1. The molecular weight excluding hydrogens is 386 g/mol. The molecule has 3 aromatic rings. The van der Waals surface area contributed by atoms with Gasteiger partial charge in [-0.3, -0.25) is 4.79 Å². The maximum Gasteiger partial charge on any atom is 0.252 e. The summed E-state index contributed by atoms with van der Waals surface area (Å²) in [5.74, 6) is 1.50. The maximum atomic E-state index is 12.9. The second-order valence-corrected chi connectivity index (χ2v) is 6.38. The molecule has 0 aliphatic heterocycles. The minimum Gasteiger partial charge on any atom is -0.493 e. The lowest BCUT2D eigenvalue weighted by Crippen LogP contribution is -2.34. The lowest BCUT2D eigenvalue weighted by atomic mass is 10.1. The number of rotatable bonds is 9. The normalized spacial score (nSPS) is 10.8. The standard InChI is InChI=1S/C22H25N3O5/c1-27-18-10-9-14(11-19(18)28-2)24-20-12-16(15-7-5-6-8-17(15)25-20)22(26)23-13-21(29-3)30-4/h5-12,21H,13H2,1-4H3,(H,23,26)(H,24,25). The van der Waals surface area contributed by atoms with Gasteiger partial charge in [0, 0.05) is 31.4 Å². The molecule has 0 atom stereocenters. The third-order valence-corrected chi connectivity index (χ3v) is 4.57. The number of aromatic nitrogens is 1. The van der Waals surface area contributed by atoms with Crippen LogP contribution < -0.4 is 20.1 Å². The number of ether oxygens (including phenoxy) is 4. The van der Waals surface area contributed by atoms with Crippen LogP contribution in [0.2, 0.25) is 0 Å². The van der Waals surface area contributed by atoms with Gasteiger partial charge in [-0.25, -0.2) is 4.98 Å². The average Bonchev–Trinajstić information content (AvgIpc) is 2.78. The summed E-state index contributed by atoms with van der Waals surface area (Å²) in [6.45, 7) is 0.223. The topological polar surface area (TPSA) is 90.9 Å². The Morgan fingerprint density at radius 2 is 1.70 bits per heavy atom. The molecule has 0 saturated heterocycles. The Kier molecular flexibility index (Phi) is 7.05. The number of methoxy groups -OCH3 is 4. The van der Waals surface area contributed by atoms with Crippen LogP contribution in [0, 0.1) is 0 Å². The number of fused-ring (bicyclic) bond motifs is 1. The molecule has 1 heterocycles. The molecule has 8 heteroatoms. The zero-order valence-corrected chi connectivity index (χ0v) is 17.4. The number of para-hydroxylation sites is 1. The molecule has 1 amide bonds. The summed E-state index contributed by atoms with van der Waals surface area (Å²) >= 11 is 0. The second kappa shape index (κ2) is 9.91. The summed E-state index contributed by atoms with van der Waals surface area (Å²) in [4.78, 5) is 17.5. The van der Waals surface area contributed by atoms with Crippen molar-refractivity contribution >= 4 is 28.3 Å². The molecular formula is C22H25N3O5. The van der Waals surface area contributed by atoms with E-state index in [2.05, 4.69) is 15.6 Å². The Morgan fingerprint density at radius 1 is 0.967 bits per heavy atom. The number of amides is 1. The smallest absolute Gasteiger partial charge is 0.252 e. The van der Waals surface area contributed by atoms with Crippen molar-refractivity contribution in [3.05, 3.63) is 54.1 Å². The number of benzene rings is 2. The molecule has 0 radical (unpaired) electrons. The summed E-state index contributed by atoms with van der Waals surface area (Å²) in [6.07, 6.45) is -0.522. The van der Waals surface area contributed by atoms with Gasteiger partial charge in [-0.05, 0) is 24.3 Å². The fraction of sp³-hybridized carbons (Fsp3) is 0.273. The predicted octanol–water partition coefficient (Wildman–Crippen LogP) is 3.34. The molecule has 0 spiro atoms. The van der Waals surface area contributed by atoms with E-state index in [0.717, 1.165) is 11.1 Å². The monoisotopic (exact) mass is 411 g/mol. The first-order valence-corrected chi connectivity index (χ1v) is 9.32. The third kappa shape index (κ3) is 4.79. The van der Waals surface area contributed by atoms with Crippen molar-refractivity contribution in [3.63, 3.8) is 0 Å². The van der Waals surface area contributed by atoms with E-state index in [4.69, 9.17) is 18.9 Å². The summed E-state index contributed by atoms with van der Waals surface area (Å²) in [7, 11) is 6.20. The van der Waals surface area contributed by atoms with Gasteiger partial charge in [0.05, 0.1) is 31.8 Å². The van der Waals surface area contributed by atoms with Crippen LogP contribution in [-0.4, -0.2) is 52.2 Å². The summed E-state index contributed by atoms with van der Waals surface area (Å²) < 4.78 is 20.9. The molecule has 158 valence electrons. The van der Waals surface area contributed by atoms with Gasteiger partial charge in [0.25, 0.3) is 5.91 Å². The van der Waals surface area contributed by atoms with Crippen LogP contribution in [0.1, 0.15) is 10.4 Å². The lowest BCUT2D eigenvalue weighted by Gasteiger charge is -2.16. The first kappa shape index (κ1) is 21.4. The van der Waals surface area contributed by atoms with E-state index in [1.165, 1.54) is 14.2 Å². The average molecular weight is 411 g/mol. The van der Waals surface area contributed by atoms with Crippen LogP contribution in [0.15, 0.2) is 48.5 Å². The predicted molar refractivity (Wildman–Crippen MR) is 115 cm³/mol. The summed E-state index contributed by atoms with van der Waals surface area (Å²) in [5.41, 5.74) is 1.94. The van der Waals surface area contributed by atoms with Crippen molar-refractivity contribution in [1.29, 1.82) is 0 Å². The van der Waals surface area contributed by atoms with E-state index in [1.54, 1.807) is 32.4 Å². The quantitative estimate of drug-likeness (QED) is 0.522. The number of hydrogen-bond donors (Lipinski definition) is 2. The van der Waals surface area contributed by atoms with Gasteiger partial charge in [0.15, 0.2) is 17.8 Å². The molecule has 0 saturated carbocycles. The Morgan fingerprint density at radius 3 is 2.40 bits per heavy atom. The van der Waals surface area contributed by atoms with Crippen molar-refractivity contribution in [1.82, 2.24) is 10.3 Å². The first-order chi connectivity index (χ1) is 14.6. The van der Waals surface area contributed by atoms with Crippen LogP contribution in [0.4, 0.5) is 11.5 Å². The van der Waals surface area contributed by atoms with Gasteiger partial charge >= 0.3 is 0 Å². The SMILES string of the molecule is COc1ccc(Nc2cc(C(=O)NCC(OC)OC)c3ccccc3n2)cc1OC. The van der Waals surface area contributed by atoms with E-state index in [-0.39, 0.29) is 12.5 Å². The number of hydrogen-bond acceptors (Lipinski definition) is 7. The van der Waals surface area contributed by atoms with Gasteiger partial charge < -0.3 is 29.6 Å². The van der Waals surface area contributed by atoms with E-state index in [9.17, 15) is 4.79 Å². The van der Waals surface area contributed by atoms with Gasteiger partial charge in [0.2, 0.25) is 0 Å². The Bertz CT molecular complexity index is 1020. The zero-order valence-electron chi connectivity index (χ0n) is 17.4. The Hall–Kier alpha value is -3.36. The fourth-order valence-electron chi connectivity index (χ4n) is 3.02. The molecule has 3 rings (SSSR count). The van der Waals surface area contributed by atoms with Crippen molar-refractivity contribution in [3.8, 4) is 11.5 Å². The van der Waals surface area contributed by atoms with E-state index in [0.29, 0.717) is 28.4 Å². The molecule has 2 N–H and O–H groups in total.